The number of carbonyl (C=O) groups excluding carboxylic acids is 5. The Morgan fingerprint density at radius 3 is 1.70 bits per heavy atom. The highest BCUT2D eigenvalue weighted by molar-refractivity contribution is 7.46. The highest BCUT2D eigenvalue weighted by atomic mass is 31.2. The summed E-state index contributed by atoms with van der Waals surface area (Å²) in [6, 6.07) is -4.40. The van der Waals surface area contributed by atoms with E-state index in [9.17, 15) is 62.7 Å². The molecule has 0 aliphatic rings. The van der Waals surface area contributed by atoms with Crippen LogP contribution in [0.1, 0.15) is 66.4 Å². The molecule has 0 unspecified atom stereocenters. The van der Waals surface area contributed by atoms with Crippen LogP contribution in [0, 0.1) is 11.8 Å². The van der Waals surface area contributed by atoms with Crippen molar-refractivity contribution in [1.82, 2.24) is 26.6 Å². The minimum atomic E-state index is -5.26. The summed E-state index contributed by atoms with van der Waals surface area (Å²) in [4.78, 5) is 127. The van der Waals surface area contributed by atoms with Crippen molar-refractivity contribution in [3.63, 3.8) is 0 Å². The van der Waals surface area contributed by atoms with Crippen molar-refractivity contribution < 1.29 is 81.5 Å². The van der Waals surface area contributed by atoms with Crippen LogP contribution in [0.15, 0.2) is 24.3 Å². The van der Waals surface area contributed by atoms with Gasteiger partial charge < -0.3 is 56.8 Å². The van der Waals surface area contributed by atoms with Crippen LogP contribution in [0.25, 0.3) is 0 Å². The van der Waals surface area contributed by atoms with Crippen LogP contribution in [-0.4, -0.2) is 114 Å². The quantitative estimate of drug-likeness (QED) is 0.0533. The van der Waals surface area contributed by atoms with Gasteiger partial charge in [0.2, 0.25) is 29.5 Å². The average molecular weight is 855 g/mol. The molecule has 13 N–H and O–H groups in total. The lowest BCUT2D eigenvalue weighted by Crippen LogP contribution is -2.61. The van der Waals surface area contributed by atoms with Gasteiger partial charge in [-0.3, -0.25) is 43.1 Å². The van der Waals surface area contributed by atoms with Crippen molar-refractivity contribution in [3.05, 3.63) is 29.8 Å². The molecule has 0 aliphatic heterocycles. The van der Waals surface area contributed by atoms with E-state index >= 15 is 0 Å². The zero-order valence-electron chi connectivity index (χ0n) is 32.0. The zero-order chi connectivity index (χ0) is 44.0. The van der Waals surface area contributed by atoms with E-state index in [0.717, 1.165) is 26.0 Å². The molecule has 1 rings (SSSR count). The van der Waals surface area contributed by atoms with E-state index in [-0.39, 0.29) is 11.3 Å². The number of carboxylic acids is 2. The minimum absolute atomic E-state index is 0.230. The van der Waals surface area contributed by atoms with Gasteiger partial charge in [0.1, 0.15) is 36.0 Å². The molecule has 23 nitrogen and oxygen atoms in total. The molecule has 0 radical (unpaired) electrons. The van der Waals surface area contributed by atoms with Gasteiger partial charge in [-0.1, -0.05) is 46.2 Å². The zero-order valence-corrected chi connectivity index (χ0v) is 33.8. The molecule has 0 aliphatic carbocycles. The molecule has 1 aromatic rings. The predicted octanol–water partition coefficient (Wildman–Crippen LogP) is -1.38. The third-order valence-corrected chi connectivity index (χ3v) is 9.45. The van der Waals surface area contributed by atoms with Crippen LogP contribution in [0.4, 0.5) is 0 Å². The number of nitrogens with one attached hydrogen (secondary N) is 5. The molecule has 322 valence electrons. The number of phosphoric acid groups is 2. The molecule has 1 aromatic carbocycles. The molecule has 0 bridgehead atoms. The Bertz CT molecular complexity index is 1690. The Morgan fingerprint density at radius 2 is 1.23 bits per heavy atom. The molecule has 8 atom stereocenters. The lowest BCUT2D eigenvalue weighted by Gasteiger charge is -2.29. The Labute approximate surface area is 327 Å². The van der Waals surface area contributed by atoms with Gasteiger partial charge in [-0.25, -0.2) is 13.9 Å². The molecular formula is C32H52N6O17P2. The monoisotopic (exact) mass is 854 g/mol. The van der Waals surface area contributed by atoms with Gasteiger partial charge in [-0.15, -0.1) is 0 Å². The summed E-state index contributed by atoms with van der Waals surface area (Å²) in [5.74, 6) is -9.24. The molecular weight excluding hydrogens is 802 g/mol. The Balaban J connectivity index is 3.49. The lowest BCUT2D eigenvalue weighted by atomic mass is 9.98. The summed E-state index contributed by atoms with van der Waals surface area (Å²) in [6.45, 7) is 8.60. The smallest absolute Gasteiger partial charge is 0.481 e. The van der Waals surface area contributed by atoms with E-state index in [1.54, 1.807) is 13.8 Å². The van der Waals surface area contributed by atoms with Crippen molar-refractivity contribution in [2.24, 2.45) is 17.6 Å². The second-order valence-corrected chi connectivity index (χ2v) is 15.8. The van der Waals surface area contributed by atoms with Gasteiger partial charge in [0.25, 0.3) is 0 Å². The first-order chi connectivity index (χ1) is 26.1. The van der Waals surface area contributed by atoms with Crippen molar-refractivity contribution >= 4 is 57.1 Å². The number of hydrogen-bond donors (Lipinski definition) is 12. The molecule has 0 saturated heterocycles. The number of rotatable bonds is 24. The maximum absolute atomic E-state index is 13.7. The fourth-order valence-electron chi connectivity index (χ4n) is 4.95. The van der Waals surface area contributed by atoms with Crippen LogP contribution in [-0.2, 0) is 53.6 Å². The standard InChI is InChI=1S/C32H52N6O17P2/c1-7-16(4)24(33)30(44)38-26(18(6)54-56(48,49)50)31(45)36-22(14-19-8-10-20(11-9-19)55-57(51,52)53)29(43)34-17(5)27(41)35-21(12-13-23(39)40)28(42)37-25(15(2)3)32(46)47/h8-11,15-18,21-22,24-26H,7,12-14,33H2,1-6H3,(H,34,43)(H,35,41)(H,36,45)(H,37,42)(H,38,44)(H,39,40)(H,46,47)(H2,48,49,50)(H2,51,52,53)/t16-,17-,18+,21-,22-,24-,25-,26-/m0/s1. The second-order valence-electron chi connectivity index (χ2n) is 13.5. The van der Waals surface area contributed by atoms with Crippen molar-refractivity contribution in [1.29, 1.82) is 0 Å². The number of phosphoric ester groups is 2. The van der Waals surface area contributed by atoms with Gasteiger partial charge in [0, 0.05) is 12.8 Å². The van der Waals surface area contributed by atoms with Gasteiger partial charge in [0.15, 0.2) is 0 Å². The van der Waals surface area contributed by atoms with Crippen LogP contribution in [0.5, 0.6) is 5.75 Å². The number of amides is 5. The molecule has 5 amide bonds. The summed E-state index contributed by atoms with van der Waals surface area (Å²) in [7, 11) is -10.2. The van der Waals surface area contributed by atoms with E-state index < -0.39 is 131 Å². The average Bonchev–Trinajstić information content (AvgIpc) is 3.08. The van der Waals surface area contributed by atoms with Gasteiger partial charge in [-0.2, -0.15) is 0 Å². The molecule has 25 heteroatoms. The van der Waals surface area contributed by atoms with E-state index in [0.29, 0.717) is 6.42 Å². The van der Waals surface area contributed by atoms with Crippen LogP contribution in [0.3, 0.4) is 0 Å². The maximum Gasteiger partial charge on any atom is 0.524 e. The minimum Gasteiger partial charge on any atom is -0.481 e. The van der Waals surface area contributed by atoms with Gasteiger partial charge in [-0.05, 0) is 49.8 Å². The molecule has 0 fully saturated rings. The number of carbonyl (C=O) groups is 7. The number of benzene rings is 1. The number of carboxylic acid groups (broad SMARTS) is 2. The molecule has 0 heterocycles. The molecule has 57 heavy (non-hydrogen) atoms. The molecule has 0 spiro atoms. The Morgan fingerprint density at radius 1 is 0.702 bits per heavy atom. The van der Waals surface area contributed by atoms with Gasteiger partial charge in [0.05, 0.1) is 12.1 Å². The highest BCUT2D eigenvalue weighted by Crippen LogP contribution is 2.38. The lowest BCUT2D eigenvalue weighted by molar-refractivity contribution is -0.144. The molecule has 0 saturated carbocycles. The summed E-state index contributed by atoms with van der Waals surface area (Å²) in [5.41, 5.74) is 6.22. The van der Waals surface area contributed by atoms with E-state index in [1.165, 1.54) is 26.0 Å². The largest absolute Gasteiger partial charge is 0.524 e. The van der Waals surface area contributed by atoms with Crippen molar-refractivity contribution in [3.8, 4) is 5.75 Å². The van der Waals surface area contributed by atoms with E-state index in [1.807, 2.05) is 0 Å². The summed E-state index contributed by atoms with van der Waals surface area (Å²) >= 11 is 0. The summed E-state index contributed by atoms with van der Waals surface area (Å²) in [6.07, 6.45) is -2.78. The van der Waals surface area contributed by atoms with Crippen LogP contribution >= 0.6 is 15.6 Å². The Hall–Kier alpha value is -4.47. The van der Waals surface area contributed by atoms with Crippen LogP contribution in [0.2, 0.25) is 0 Å². The second kappa shape index (κ2) is 22.5. The molecule has 0 aromatic heterocycles. The first kappa shape index (κ1) is 50.5. The van der Waals surface area contributed by atoms with Crippen molar-refractivity contribution in [2.75, 3.05) is 0 Å². The third kappa shape index (κ3) is 18.6. The number of nitrogens with two attached hydrogens (primary N) is 1. The first-order valence-corrected chi connectivity index (χ1v) is 20.5. The fourth-order valence-corrected chi connectivity index (χ4v) is 5.90. The maximum atomic E-state index is 13.7. The highest BCUT2D eigenvalue weighted by Gasteiger charge is 2.37. The van der Waals surface area contributed by atoms with Crippen LogP contribution < -0.4 is 36.8 Å². The Kier molecular flexibility index (Phi) is 19.9. The number of hydrogen-bond acceptors (Lipinski definition) is 12. The normalized spacial score (nSPS) is 16.0. The topological polar surface area (TPSA) is 380 Å². The van der Waals surface area contributed by atoms with E-state index in [2.05, 4.69) is 35.6 Å². The van der Waals surface area contributed by atoms with E-state index in [4.69, 9.17) is 15.5 Å². The van der Waals surface area contributed by atoms with Crippen molar-refractivity contribution in [2.45, 2.75) is 110 Å². The first-order valence-electron chi connectivity index (χ1n) is 17.5. The third-order valence-electron chi connectivity index (χ3n) is 8.40. The van der Waals surface area contributed by atoms with Gasteiger partial charge >= 0.3 is 27.6 Å². The number of aliphatic carboxylic acids is 2. The summed E-state index contributed by atoms with van der Waals surface area (Å²) < 4.78 is 32.1. The predicted molar refractivity (Wildman–Crippen MR) is 198 cm³/mol. The SMILES string of the molecule is CC[C@H](C)[C@H](N)C(=O)N[C@H](C(=O)N[C@@H](Cc1ccc(OP(=O)(O)O)cc1)C(=O)N[C@@H](C)C(=O)N[C@@H](CCC(=O)O)C(=O)N[C@H](C(=O)O)C(C)C)[C@@H](C)OP(=O)(O)O. The summed E-state index contributed by atoms with van der Waals surface area (Å²) in [5, 5.41) is 30.1. The fraction of sp³-hybridized carbons (Fsp3) is 0.594.